The van der Waals surface area contributed by atoms with Gasteiger partial charge in [0.2, 0.25) is 0 Å². The standard InChI is InChI=1S/C10H12O3/c1-7-3-4-10(13-8(2)12)9(5-7)6-11/h3-5,11H,6H2,1-2H3. The van der Waals surface area contributed by atoms with Crippen molar-refractivity contribution in [1.29, 1.82) is 0 Å². The number of carbonyl (C=O) groups is 1. The Morgan fingerprint density at radius 1 is 1.54 bits per heavy atom. The zero-order chi connectivity index (χ0) is 9.84. The van der Waals surface area contributed by atoms with Crippen LogP contribution in [0.3, 0.4) is 0 Å². The number of hydrogen-bond donors (Lipinski definition) is 1. The number of aliphatic hydroxyl groups excluding tert-OH is 1. The van der Waals surface area contributed by atoms with Gasteiger partial charge in [-0.2, -0.15) is 0 Å². The van der Waals surface area contributed by atoms with Crippen LogP contribution >= 0.6 is 0 Å². The van der Waals surface area contributed by atoms with Crippen LogP contribution in [0.2, 0.25) is 0 Å². The van der Waals surface area contributed by atoms with E-state index in [4.69, 9.17) is 9.84 Å². The Kier molecular flexibility index (Phi) is 3.03. The van der Waals surface area contributed by atoms with E-state index in [1.165, 1.54) is 6.92 Å². The van der Waals surface area contributed by atoms with Crippen molar-refractivity contribution >= 4 is 5.97 Å². The average Bonchev–Trinajstić information content (AvgIpc) is 2.07. The fourth-order valence-corrected chi connectivity index (χ4v) is 1.09. The van der Waals surface area contributed by atoms with Gasteiger partial charge in [0.15, 0.2) is 0 Å². The van der Waals surface area contributed by atoms with Crippen molar-refractivity contribution < 1.29 is 14.6 Å². The molecule has 3 nitrogen and oxygen atoms in total. The van der Waals surface area contributed by atoms with Crippen LogP contribution in [0.25, 0.3) is 0 Å². The smallest absolute Gasteiger partial charge is 0.308 e. The number of hydrogen-bond acceptors (Lipinski definition) is 3. The fraction of sp³-hybridized carbons (Fsp3) is 0.300. The minimum Gasteiger partial charge on any atom is -0.426 e. The molecule has 70 valence electrons. The lowest BCUT2D eigenvalue weighted by molar-refractivity contribution is -0.131. The molecule has 0 unspecified atom stereocenters. The molecule has 0 atom stereocenters. The predicted octanol–water partition coefficient (Wildman–Crippen LogP) is 1.41. The predicted molar refractivity (Wildman–Crippen MR) is 48.4 cm³/mol. The maximum Gasteiger partial charge on any atom is 0.308 e. The van der Waals surface area contributed by atoms with Crippen molar-refractivity contribution in [2.75, 3.05) is 0 Å². The molecule has 1 aromatic carbocycles. The van der Waals surface area contributed by atoms with E-state index in [2.05, 4.69) is 0 Å². The lowest BCUT2D eigenvalue weighted by Gasteiger charge is -2.06. The van der Waals surface area contributed by atoms with Gasteiger partial charge in [0.1, 0.15) is 5.75 Å². The maximum atomic E-state index is 10.7. The molecular formula is C10H12O3. The maximum absolute atomic E-state index is 10.7. The normalized spacial score (nSPS) is 9.77. The lowest BCUT2D eigenvalue weighted by atomic mass is 10.1. The Labute approximate surface area is 77.0 Å². The molecule has 0 amide bonds. The SMILES string of the molecule is CC(=O)Oc1ccc(C)cc1CO. The van der Waals surface area contributed by atoms with E-state index in [0.29, 0.717) is 11.3 Å². The molecule has 1 N–H and O–H groups in total. The van der Waals surface area contributed by atoms with Crippen molar-refractivity contribution in [2.24, 2.45) is 0 Å². The summed E-state index contributed by atoms with van der Waals surface area (Å²) >= 11 is 0. The molecule has 0 radical (unpaired) electrons. The molecule has 1 aromatic rings. The number of esters is 1. The van der Waals surface area contributed by atoms with E-state index >= 15 is 0 Å². The van der Waals surface area contributed by atoms with Crippen LogP contribution < -0.4 is 4.74 Å². The fourth-order valence-electron chi connectivity index (χ4n) is 1.09. The molecule has 3 heteroatoms. The number of aliphatic hydroxyl groups is 1. The molecule has 0 bridgehead atoms. The molecule has 0 spiro atoms. The first-order chi connectivity index (χ1) is 6.13. The zero-order valence-electron chi connectivity index (χ0n) is 7.70. The second-order valence-electron chi connectivity index (χ2n) is 2.86. The Morgan fingerprint density at radius 2 is 2.23 bits per heavy atom. The van der Waals surface area contributed by atoms with E-state index in [1.807, 2.05) is 13.0 Å². The highest BCUT2D eigenvalue weighted by Crippen LogP contribution is 2.19. The van der Waals surface area contributed by atoms with E-state index in [-0.39, 0.29) is 12.6 Å². The first-order valence-electron chi connectivity index (χ1n) is 4.02. The monoisotopic (exact) mass is 180 g/mol. The summed E-state index contributed by atoms with van der Waals surface area (Å²) in [4.78, 5) is 10.7. The molecule has 0 saturated heterocycles. The number of ether oxygens (including phenoxy) is 1. The summed E-state index contributed by atoms with van der Waals surface area (Å²) in [6, 6.07) is 5.30. The second kappa shape index (κ2) is 4.05. The Balaban J connectivity index is 2.99. The summed E-state index contributed by atoms with van der Waals surface area (Å²) in [5.41, 5.74) is 1.66. The third-order valence-electron chi connectivity index (χ3n) is 1.64. The van der Waals surface area contributed by atoms with Gasteiger partial charge in [0, 0.05) is 12.5 Å². The molecule has 0 aromatic heterocycles. The van der Waals surface area contributed by atoms with Crippen molar-refractivity contribution in [1.82, 2.24) is 0 Å². The van der Waals surface area contributed by atoms with Gasteiger partial charge in [-0.15, -0.1) is 0 Å². The lowest BCUT2D eigenvalue weighted by Crippen LogP contribution is -2.04. The topological polar surface area (TPSA) is 46.5 Å². The van der Waals surface area contributed by atoms with Gasteiger partial charge in [-0.05, 0) is 13.0 Å². The quantitative estimate of drug-likeness (QED) is 0.553. The Hall–Kier alpha value is -1.35. The van der Waals surface area contributed by atoms with Gasteiger partial charge in [0.25, 0.3) is 0 Å². The molecule has 0 fully saturated rings. The molecule has 0 aliphatic heterocycles. The summed E-state index contributed by atoms with van der Waals surface area (Å²) in [5, 5.41) is 8.96. The van der Waals surface area contributed by atoms with Gasteiger partial charge >= 0.3 is 5.97 Å². The van der Waals surface area contributed by atoms with Crippen LogP contribution in [-0.4, -0.2) is 11.1 Å². The summed E-state index contributed by atoms with van der Waals surface area (Å²) in [6.45, 7) is 3.13. The molecule has 0 saturated carbocycles. The van der Waals surface area contributed by atoms with Crippen LogP contribution in [0.15, 0.2) is 18.2 Å². The highest BCUT2D eigenvalue weighted by molar-refractivity contribution is 5.69. The molecule has 0 heterocycles. The number of benzene rings is 1. The summed E-state index contributed by atoms with van der Waals surface area (Å²) in [5.74, 6) is 0.0548. The third kappa shape index (κ3) is 2.56. The van der Waals surface area contributed by atoms with Crippen molar-refractivity contribution in [2.45, 2.75) is 20.5 Å². The first-order valence-corrected chi connectivity index (χ1v) is 4.02. The van der Waals surface area contributed by atoms with Crippen molar-refractivity contribution in [3.63, 3.8) is 0 Å². The zero-order valence-corrected chi connectivity index (χ0v) is 7.70. The molecule has 13 heavy (non-hydrogen) atoms. The van der Waals surface area contributed by atoms with E-state index in [1.54, 1.807) is 12.1 Å². The van der Waals surface area contributed by atoms with Crippen LogP contribution in [-0.2, 0) is 11.4 Å². The first kappa shape index (κ1) is 9.74. The van der Waals surface area contributed by atoms with E-state index in [9.17, 15) is 4.79 Å². The van der Waals surface area contributed by atoms with E-state index < -0.39 is 0 Å². The van der Waals surface area contributed by atoms with Crippen molar-refractivity contribution in [3.05, 3.63) is 29.3 Å². The Morgan fingerprint density at radius 3 is 2.77 bits per heavy atom. The van der Waals surface area contributed by atoms with Crippen LogP contribution in [0.4, 0.5) is 0 Å². The summed E-state index contributed by atoms with van der Waals surface area (Å²) in [6.07, 6.45) is 0. The summed E-state index contributed by atoms with van der Waals surface area (Å²) < 4.78 is 4.89. The highest BCUT2D eigenvalue weighted by atomic mass is 16.5. The largest absolute Gasteiger partial charge is 0.426 e. The minimum absolute atomic E-state index is 0.121. The van der Waals surface area contributed by atoms with Crippen molar-refractivity contribution in [3.8, 4) is 5.75 Å². The van der Waals surface area contributed by atoms with Crippen LogP contribution in [0.5, 0.6) is 5.75 Å². The highest BCUT2D eigenvalue weighted by Gasteiger charge is 2.04. The van der Waals surface area contributed by atoms with Gasteiger partial charge in [-0.25, -0.2) is 0 Å². The van der Waals surface area contributed by atoms with Gasteiger partial charge in [0.05, 0.1) is 6.61 Å². The molecule has 0 aliphatic rings. The Bertz CT molecular complexity index is 318. The van der Waals surface area contributed by atoms with Gasteiger partial charge in [-0.3, -0.25) is 4.79 Å². The molecule has 0 aliphatic carbocycles. The molecule has 1 rings (SSSR count). The van der Waals surface area contributed by atoms with Gasteiger partial charge < -0.3 is 9.84 Å². The number of rotatable bonds is 2. The van der Waals surface area contributed by atoms with Crippen LogP contribution in [0, 0.1) is 6.92 Å². The third-order valence-corrected chi connectivity index (χ3v) is 1.64. The van der Waals surface area contributed by atoms with Crippen LogP contribution in [0.1, 0.15) is 18.1 Å². The van der Waals surface area contributed by atoms with Gasteiger partial charge in [-0.1, -0.05) is 17.7 Å². The summed E-state index contributed by atoms with van der Waals surface area (Å²) in [7, 11) is 0. The van der Waals surface area contributed by atoms with E-state index in [0.717, 1.165) is 5.56 Å². The second-order valence-corrected chi connectivity index (χ2v) is 2.86. The number of aryl methyl sites for hydroxylation is 1. The average molecular weight is 180 g/mol. The molecular weight excluding hydrogens is 168 g/mol. The number of carbonyl (C=O) groups excluding carboxylic acids is 1. The minimum atomic E-state index is -0.376.